The lowest BCUT2D eigenvalue weighted by Gasteiger charge is -2.22. The largest absolute Gasteiger partial charge is 0.342 e. The maximum absolute atomic E-state index is 13.6. The average Bonchev–Trinajstić information content (AvgIpc) is 3.59. The number of nitrogens with one attached hydrogen (secondary N) is 1. The van der Waals surface area contributed by atoms with Crippen LogP contribution in [0.15, 0.2) is 71.2 Å². The predicted octanol–water partition coefficient (Wildman–Crippen LogP) is 4.43. The average molecular weight is 562 g/mol. The van der Waals surface area contributed by atoms with E-state index in [1.54, 1.807) is 17.0 Å². The number of halogens is 2. The number of amides is 2. The molecule has 4 aromatic rings. The fraction of sp³-hybridized carbons (Fsp3) is 0.185. The number of benzene rings is 3. The summed E-state index contributed by atoms with van der Waals surface area (Å²) in [5.74, 6) is -0.519. The quantitative estimate of drug-likeness (QED) is 0.376. The van der Waals surface area contributed by atoms with Crippen molar-refractivity contribution < 1.29 is 18.7 Å². The molecule has 186 valence electrons. The molecular weight excluding hydrogens is 541 g/mol. The molecule has 3 aromatic carbocycles. The molecule has 0 spiro atoms. The number of hydrogen-bond acceptors (Lipinski definition) is 5. The number of aromatic nitrogens is 3. The summed E-state index contributed by atoms with van der Waals surface area (Å²) in [4.78, 5) is 27.7. The Morgan fingerprint density at radius 3 is 2.59 bits per heavy atom. The number of carbonyl (C=O) groups is 2. The Morgan fingerprint density at radius 1 is 1.03 bits per heavy atom. The van der Waals surface area contributed by atoms with Gasteiger partial charge < -0.3 is 15.0 Å². The molecule has 1 atom stereocenters. The SMILES string of the molecule is O=C1Cc2cc(CCN3C(=O)CO[C@@H]3c3nn(-c4ccc(Br)cc4)nc3-c3ccc(F)cc3)ccc2N1. The molecule has 0 bridgehead atoms. The number of hydrogen-bond donors (Lipinski definition) is 1. The summed E-state index contributed by atoms with van der Waals surface area (Å²) < 4.78 is 20.5. The molecule has 1 N–H and O–H groups in total. The number of nitrogens with zero attached hydrogens (tertiary/aromatic N) is 4. The van der Waals surface area contributed by atoms with Crippen molar-refractivity contribution in [1.29, 1.82) is 0 Å². The summed E-state index contributed by atoms with van der Waals surface area (Å²) in [6.07, 6.45) is 0.201. The number of carbonyl (C=O) groups excluding carboxylic acids is 2. The molecule has 1 fully saturated rings. The van der Waals surface area contributed by atoms with Gasteiger partial charge in [-0.2, -0.15) is 4.80 Å². The Labute approximate surface area is 220 Å². The Hall–Kier alpha value is -3.89. The lowest BCUT2D eigenvalue weighted by molar-refractivity contribution is -0.128. The van der Waals surface area contributed by atoms with Crippen LogP contribution in [-0.4, -0.2) is 44.9 Å². The second-order valence-electron chi connectivity index (χ2n) is 8.92. The summed E-state index contributed by atoms with van der Waals surface area (Å²) in [6.45, 7) is 0.332. The molecule has 6 rings (SSSR count). The summed E-state index contributed by atoms with van der Waals surface area (Å²) >= 11 is 3.44. The zero-order valence-electron chi connectivity index (χ0n) is 19.5. The third-order valence-electron chi connectivity index (χ3n) is 6.45. The molecule has 1 aromatic heterocycles. The molecule has 8 nitrogen and oxygen atoms in total. The Balaban J connectivity index is 1.32. The van der Waals surface area contributed by atoms with Crippen molar-refractivity contribution in [2.75, 3.05) is 18.5 Å². The van der Waals surface area contributed by atoms with Crippen molar-refractivity contribution in [3.63, 3.8) is 0 Å². The summed E-state index contributed by atoms with van der Waals surface area (Å²) in [5, 5.41) is 12.2. The summed E-state index contributed by atoms with van der Waals surface area (Å²) in [5.41, 5.74) is 5.19. The minimum absolute atomic E-state index is 0.0162. The van der Waals surface area contributed by atoms with Crippen molar-refractivity contribution in [3.05, 3.63) is 93.8 Å². The fourth-order valence-corrected chi connectivity index (χ4v) is 4.86. The highest BCUT2D eigenvalue weighted by atomic mass is 79.9. The van der Waals surface area contributed by atoms with Gasteiger partial charge in [0.05, 0.1) is 12.1 Å². The lowest BCUT2D eigenvalue weighted by atomic mass is 10.1. The smallest absolute Gasteiger partial charge is 0.251 e. The van der Waals surface area contributed by atoms with Gasteiger partial charge in [-0.15, -0.1) is 10.2 Å². The van der Waals surface area contributed by atoms with Crippen LogP contribution in [0, 0.1) is 5.82 Å². The van der Waals surface area contributed by atoms with Gasteiger partial charge in [0.15, 0.2) is 6.23 Å². The van der Waals surface area contributed by atoms with Gasteiger partial charge in [-0.25, -0.2) is 4.39 Å². The highest BCUT2D eigenvalue weighted by molar-refractivity contribution is 9.10. The van der Waals surface area contributed by atoms with E-state index < -0.39 is 6.23 Å². The van der Waals surface area contributed by atoms with Crippen molar-refractivity contribution in [1.82, 2.24) is 19.9 Å². The van der Waals surface area contributed by atoms with Gasteiger partial charge in [0.2, 0.25) is 5.91 Å². The van der Waals surface area contributed by atoms with Gasteiger partial charge in [0.1, 0.15) is 23.8 Å². The van der Waals surface area contributed by atoms with E-state index in [2.05, 4.69) is 26.3 Å². The first-order valence-corrected chi connectivity index (χ1v) is 12.6. The number of ether oxygens (including phenoxy) is 1. The van der Waals surface area contributed by atoms with Gasteiger partial charge >= 0.3 is 0 Å². The predicted molar refractivity (Wildman–Crippen MR) is 137 cm³/mol. The van der Waals surface area contributed by atoms with E-state index in [-0.39, 0.29) is 24.2 Å². The minimum atomic E-state index is -0.741. The van der Waals surface area contributed by atoms with Crippen LogP contribution in [0.4, 0.5) is 10.1 Å². The van der Waals surface area contributed by atoms with E-state index in [1.165, 1.54) is 16.9 Å². The highest BCUT2D eigenvalue weighted by Crippen LogP contribution is 2.34. The first-order chi connectivity index (χ1) is 17.9. The normalized spacial score (nSPS) is 16.8. The molecule has 2 aliphatic heterocycles. The van der Waals surface area contributed by atoms with E-state index in [0.29, 0.717) is 36.3 Å². The van der Waals surface area contributed by atoms with Gasteiger partial charge in [-0.1, -0.05) is 28.1 Å². The molecule has 37 heavy (non-hydrogen) atoms. The molecule has 10 heteroatoms. The van der Waals surface area contributed by atoms with Crippen molar-refractivity contribution in [3.8, 4) is 16.9 Å². The molecule has 0 radical (unpaired) electrons. The summed E-state index contributed by atoms with van der Waals surface area (Å²) in [7, 11) is 0. The Morgan fingerprint density at radius 2 is 1.81 bits per heavy atom. The first-order valence-electron chi connectivity index (χ1n) is 11.8. The first kappa shape index (κ1) is 23.5. The monoisotopic (exact) mass is 561 g/mol. The maximum atomic E-state index is 13.6. The molecule has 0 saturated carbocycles. The van der Waals surface area contributed by atoms with Gasteiger partial charge in [-0.3, -0.25) is 9.59 Å². The number of rotatable bonds is 6. The van der Waals surface area contributed by atoms with E-state index >= 15 is 0 Å². The molecule has 0 unspecified atom stereocenters. The minimum Gasteiger partial charge on any atom is -0.342 e. The van der Waals surface area contributed by atoms with E-state index in [0.717, 1.165) is 27.0 Å². The molecule has 2 amide bonds. The number of anilines is 1. The molecular formula is C27H21BrFN5O3. The van der Waals surface area contributed by atoms with Crippen molar-refractivity contribution in [2.45, 2.75) is 19.1 Å². The highest BCUT2D eigenvalue weighted by Gasteiger charge is 2.37. The second kappa shape index (κ2) is 9.53. The van der Waals surface area contributed by atoms with E-state index in [1.807, 2.05) is 42.5 Å². The van der Waals surface area contributed by atoms with Crippen LogP contribution in [0.3, 0.4) is 0 Å². The van der Waals surface area contributed by atoms with E-state index in [4.69, 9.17) is 9.84 Å². The third-order valence-corrected chi connectivity index (χ3v) is 6.98. The standard InChI is InChI=1S/C27H21BrFN5O3/c28-19-4-8-21(9-5-19)34-31-25(17-2-6-20(29)7-3-17)26(32-34)27-33(24(36)15-37-27)12-11-16-1-10-22-18(13-16)14-23(35)30-22/h1-10,13,27H,11-12,14-15H2,(H,30,35)/t27-/m1/s1. The maximum Gasteiger partial charge on any atom is 0.251 e. The topological polar surface area (TPSA) is 89.4 Å². The van der Waals surface area contributed by atoms with E-state index in [9.17, 15) is 14.0 Å². The zero-order chi connectivity index (χ0) is 25.5. The van der Waals surface area contributed by atoms with Crippen LogP contribution in [0.1, 0.15) is 23.0 Å². The fourth-order valence-electron chi connectivity index (χ4n) is 4.60. The van der Waals surface area contributed by atoms with Crippen molar-refractivity contribution >= 4 is 33.4 Å². The van der Waals surface area contributed by atoms with Crippen molar-refractivity contribution in [2.24, 2.45) is 0 Å². The van der Waals surface area contributed by atoms with Crippen LogP contribution in [-0.2, 0) is 27.2 Å². The lowest BCUT2D eigenvalue weighted by Crippen LogP contribution is -2.31. The van der Waals surface area contributed by atoms with Gasteiger partial charge in [0, 0.05) is 22.3 Å². The molecule has 0 aliphatic carbocycles. The molecule has 2 aliphatic rings. The second-order valence-corrected chi connectivity index (χ2v) is 9.84. The summed E-state index contributed by atoms with van der Waals surface area (Å²) in [6, 6.07) is 19.4. The zero-order valence-corrected chi connectivity index (χ0v) is 21.1. The van der Waals surface area contributed by atoms with Gasteiger partial charge in [0.25, 0.3) is 5.91 Å². The number of fused-ring (bicyclic) bond motifs is 1. The molecule has 3 heterocycles. The van der Waals surface area contributed by atoms with Crippen LogP contribution in [0.5, 0.6) is 0 Å². The van der Waals surface area contributed by atoms with Crippen LogP contribution in [0.2, 0.25) is 0 Å². The van der Waals surface area contributed by atoms with Gasteiger partial charge in [-0.05, 0) is 72.1 Å². The van der Waals surface area contributed by atoms with Crippen LogP contribution in [0.25, 0.3) is 16.9 Å². The Kier molecular flexibility index (Phi) is 6.05. The van der Waals surface area contributed by atoms with Crippen LogP contribution < -0.4 is 5.32 Å². The molecule has 1 saturated heterocycles. The Bertz CT molecular complexity index is 1500. The van der Waals surface area contributed by atoms with Crippen LogP contribution >= 0.6 is 15.9 Å². The third kappa shape index (κ3) is 4.65.